The van der Waals surface area contributed by atoms with Gasteiger partial charge in [0.25, 0.3) is 0 Å². The average Bonchev–Trinajstić information content (AvgIpc) is 3.34. The third-order valence-corrected chi connectivity index (χ3v) is 8.79. The number of hydrogen-bond acceptors (Lipinski definition) is 6. The van der Waals surface area contributed by atoms with Gasteiger partial charge in [-0.05, 0) is 94.0 Å². The predicted octanol–water partition coefficient (Wildman–Crippen LogP) is 4.31. The van der Waals surface area contributed by atoms with Crippen LogP contribution in [0, 0.1) is 30.0 Å². The van der Waals surface area contributed by atoms with Crippen LogP contribution in [-0.2, 0) is 20.7 Å². The van der Waals surface area contributed by atoms with E-state index in [1.807, 2.05) is 19.2 Å². The van der Waals surface area contributed by atoms with Crippen molar-refractivity contribution in [1.82, 2.24) is 21.2 Å². The van der Waals surface area contributed by atoms with Gasteiger partial charge in [0.05, 0.1) is 18.1 Å². The number of aryl methyl sites for hydroxylation is 1. The fourth-order valence-corrected chi connectivity index (χ4v) is 6.90. The molecule has 3 N–H and O–H groups in total. The molecule has 6 unspecified atom stereocenters. The molecule has 1 aliphatic heterocycles. The van der Waals surface area contributed by atoms with E-state index in [9.17, 15) is 14.0 Å². The second-order valence-electron chi connectivity index (χ2n) is 11.3. The topological polar surface area (TPSA) is 92.3 Å². The van der Waals surface area contributed by atoms with E-state index in [1.165, 1.54) is 11.6 Å². The van der Waals surface area contributed by atoms with E-state index in [0.717, 1.165) is 37.8 Å². The van der Waals surface area contributed by atoms with E-state index in [4.69, 9.17) is 4.74 Å². The third-order valence-electron chi connectivity index (χ3n) is 8.79. The third kappa shape index (κ3) is 5.61. The fraction of sp³-hybridized carbons (Fsp3) is 0.567. The largest absolute Gasteiger partial charge is 0.466 e. The van der Waals surface area contributed by atoms with Crippen molar-refractivity contribution in [2.45, 2.75) is 83.3 Å². The lowest BCUT2D eigenvalue weighted by Gasteiger charge is -2.40. The van der Waals surface area contributed by atoms with Crippen LogP contribution in [0.1, 0.15) is 74.7 Å². The highest BCUT2D eigenvalue weighted by atomic mass is 19.1. The maximum atomic E-state index is 14.6. The molecule has 1 saturated heterocycles. The standard InChI is InChI=1S/C30H39FN4O3/c1-3-38-29(37)30(17-22-7-4-5-9-25(22)31)13-6-8-23(18-30)33-28(36)21-10-11-26-24(16-21)27(35-34-26)20-12-14-32-19(2)15-20/h4-5,7,9,12,14-15,21,23-24,26-27,34-35H,3,6,8,10-11,13,16-18H2,1-2H3,(H,33,36). The van der Waals surface area contributed by atoms with E-state index in [1.54, 1.807) is 25.1 Å². The summed E-state index contributed by atoms with van der Waals surface area (Å²) in [6, 6.07) is 11.1. The van der Waals surface area contributed by atoms with Crippen LogP contribution >= 0.6 is 0 Å². The molecule has 204 valence electrons. The average molecular weight is 523 g/mol. The minimum absolute atomic E-state index is 0.0653. The number of nitrogens with one attached hydrogen (secondary N) is 3. The van der Waals surface area contributed by atoms with Crippen LogP contribution in [0.3, 0.4) is 0 Å². The first-order valence-corrected chi connectivity index (χ1v) is 14.0. The Kier molecular flexibility index (Phi) is 8.09. The molecule has 2 aromatic rings. The highest BCUT2D eigenvalue weighted by molar-refractivity contribution is 5.80. The van der Waals surface area contributed by atoms with Gasteiger partial charge in [-0.3, -0.25) is 20.0 Å². The first kappa shape index (κ1) is 26.8. The summed E-state index contributed by atoms with van der Waals surface area (Å²) in [5.41, 5.74) is 8.76. The van der Waals surface area contributed by atoms with Gasteiger partial charge in [-0.2, -0.15) is 0 Å². The molecule has 2 heterocycles. The Hall–Kier alpha value is -2.84. The molecule has 6 atom stereocenters. The number of hydrazine groups is 1. The lowest BCUT2D eigenvalue weighted by Crippen LogP contribution is -2.49. The second kappa shape index (κ2) is 11.5. The molecule has 1 aromatic carbocycles. The Labute approximate surface area is 224 Å². The normalized spacial score (nSPS) is 30.9. The van der Waals surface area contributed by atoms with Crippen LogP contribution in [0.2, 0.25) is 0 Å². The molecule has 3 fully saturated rings. The molecule has 8 heteroatoms. The van der Waals surface area contributed by atoms with Gasteiger partial charge < -0.3 is 10.1 Å². The zero-order chi connectivity index (χ0) is 26.7. The van der Waals surface area contributed by atoms with E-state index >= 15 is 0 Å². The molecule has 5 rings (SSSR count). The number of ether oxygens (including phenoxy) is 1. The molecule has 0 spiro atoms. The summed E-state index contributed by atoms with van der Waals surface area (Å²) < 4.78 is 20.0. The molecule has 1 amide bonds. The summed E-state index contributed by atoms with van der Waals surface area (Å²) in [5, 5.41) is 3.29. The summed E-state index contributed by atoms with van der Waals surface area (Å²) in [6.07, 6.45) is 7.37. The molecular weight excluding hydrogens is 483 g/mol. The number of pyridine rings is 1. The predicted molar refractivity (Wildman–Crippen MR) is 142 cm³/mol. The molecule has 7 nitrogen and oxygen atoms in total. The van der Waals surface area contributed by atoms with Crippen LogP contribution < -0.4 is 16.2 Å². The number of nitrogens with zero attached hydrogens (tertiary/aromatic N) is 1. The van der Waals surface area contributed by atoms with Crippen molar-refractivity contribution in [3.63, 3.8) is 0 Å². The second-order valence-corrected chi connectivity index (χ2v) is 11.3. The van der Waals surface area contributed by atoms with E-state index in [-0.39, 0.29) is 48.7 Å². The molecule has 1 aromatic heterocycles. The Morgan fingerprint density at radius 3 is 2.82 bits per heavy atom. The fourth-order valence-electron chi connectivity index (χ4n) is 6.90. The van der Waals surface area contributed by atoms with Gasteiger partial charge in [-0.15, -0.1) is 0 Å². The van der Waals surface area contributed by atoms with Gasteiger partial charge in [0.15, 0.2) is 0 Å². The van der Waals surface area contributed by atoms with Crippen molar-refractivity contribution in [1.29, 1.82) is 0 Å². The van der Waals surface area contributed by atoms with Gasteiger partial charge in [0.2, 0.25) is 5.91 Å². The highest BCUT2D eigenvalue weighted by Gasteiger charge is 2.46. The number of esters is 1. The van der Waals surface area contributed by atoms with Crippen molar-refractivity contribution in [2.75, 3.05) is 6.61 Å². The summed E-state index contributed by atoms with van der Waals surface area (Å²) in [4.78, 5) is 31.1. The molecular formula is C30H39FN4O3. The summed E-state index contributed by atoms with van der Waals surface area (Å²) in [7, 11) is 0. The quantitative estimate of drug-likeness (QED) is 0.470. The van der Waals surface area contributed by atoms with Crippen LogP contribution in [0.15, 0.2) is 42.6 Å². The molecule has 38 heavy (non-hydrogen) atoms. The first-order chi connectivity index (χ1) is 18.4. The Morgan fingerprint density at radius 1 is 1.18 bits per heavy atom. The lowest BCUT2D eigenvalue weighted by molar-refractivity contribution is -0.158. The Bertz CT molecular complexity index is 1160. The first-order valence-electron chi connectivity index (χ1n) is 14.0. The zero-order valence-corrected chi connectivity index (χ0v) is 22.3. The number of carbonyl (C=O) groups excluding carboxylic acids is 2. The number of aromatic nitrogens is 1. The van der Waals surface area contributed by atoms with Crippen LogP contribution in [0.5, 0.6) is 0 Å². The molecule has 0 bridgehead atoms. The number of hydrogen-bond donors (Lipinski definition) is 3. The van der Waals surface area contributed by atoms with Crippen molar-refractivity contribution in [3.05, 3.63) is 65.2 Å². The van der Waals surface area contributed by atoms with Gasteiger partial charge in [0, 0.05) is 29.9 Å². The van der Waals surface area contributed by atoms with Gasteiger partial charge in [0.1, 0.15) is 5.82 Å². The molecule has 0 radical (unpaired) electrons. The highest BCUT2D eigenvalue weighted by Crippen LogP contribution is 2.43. The van der Waals surface area contributed by atoms with Crippen molar-refractivity contribution < 1.29 is 18.7 Å². The number of amides is 1. The maximum absolute atomic E-state index is 14.6. The van der Waals surface area contributed by atoms with Crippen LogP contribution in [0.25, 0.3) is 0 Å². The Morgan fingerprint density at radius 2 is 2.03 bits per heavy atom. The summed E-state index contributed by atoms with van der Waals surface area (Å²) >= 11 is 0. The van der Waals surface area contributed by atoms with Crippen molar-refractivity contribution in [2.24, 2.45) is 17.3 Å². The summed E-state index contributed by atoms with van der Waals surface area (Å²) in [6.45, 7) is 4.06. The Balaban J connectivity index is 1.27. The van der Waals surface area contributed by atoms with Crippen LogP contribution in [0.4, 0.5) is 4.39 Å². The maximum Gasteiger partial charge on any atom is 0.312 e. The van der Waals surface area contributed by atoms with Gasteiger partial charge in [-0.1, -0.05) is 24.6 Å². The minimum Gasteiger partial charge on any atom is -0.466 e. The van der Waals surface area contributed by atoms with Crippen molar-refractivity contribution >= 4 is 11.9 Å². The number of fused-ring (bicyclic) bond motifs is 1. The monoisotopic (exact) mass is 522 g/mol. The number of carbonyl (C=O) groups is 2. The molecule has 3 aliphatic rings. The molecule has 2 saturated carbocycles. The van der Waals surface area contributed by atoms with E-state index in [0.29, 0.717) is 30.4 Å². The summed E-state index contributed by atoms with van der Waals surface area (Å²) in [5.74, 6) is -0.296. The smallest absolute Gasteiger partial charge is 0.312 e. The SMILES string of the molecule is CCOC(=O)C1(Cc2ccccc2F)CCCC(NC(=O)C2CCC3NNC(c4ccnc(C)c4)C3C2)C1. The number of rotatable bonds is 7. The number of halogens is 1. The zero-order valence-electron chi connectivity index (χ0n) is 22.3. The van der Waals surface area contributed by atoms with E-state index in [2.05, 4.69) is 27.2 Å². The lowest BCUT2D eigenvalue weighted by atomic mass is 9.68. The van der Waals surface area contributed by atoms with Crippen LogP contribution in [-0.4, -0.2) is 35.6 Å². The molecule has 2 aliphatic carbocycles. The van der Waals surface area contributed by atoms with Crippen molar-refractivity contribution in [3.8, 4) is 0 Å². The van der Waals surface area contributed by atoms with Gasteiger partial charge >= 0.3 is 5.97 Å². The van der Waals surface area contributed by atoms with E-state index < -0.39 is 5.41 Å². The number of benzene rings is 1. The minimum atomic E-state index is -0.838. The van der Waals surface area contributed by atoms with Gasteiger partial charge in [-0.25, -0.2) is 9.82 Å².